The Morgan fingerprint density at radius 3 is 2.47 bits per heavy atom. The molecule has 0 unspecified atom stereocenters. The molecule has 19 heavy (non-hydrogen) atoms. The van der Waals surface area contributed by atoms with Crippen LogP contribution in [0.2, 0.25) is 10.0 Å². The maximum absolute atomic E-state index is 6.25. The second kappa shape index (κ2) is 9.46. The summed E-state index contributed by atoms with van der Waals surface area (Å²) in [6, 6.07) is 3.76. The summed E-state index contributed by atoms with van der Waals surface area (Å²) in [5, 5.41) is 4.56. The fourth-order valence-electron chi connectivity index (χ4n) is 2.00. The average molecular weight is 304 g/mol. The van der Waals surface area contributed by atoms with Crippen molar-refractivity contribution in [1.29, 1.82) is 0 Å². The van der Waals surface area contributed by atoms with E-state index in [1.165, 1.54) is 19.3 Å². The second-order valence-corrected chi connectivity index (χ2v) is 5.39. The van der Waals surface area contributed by atoms with Crippen LogP contribution in [-0.4, -0.2) is 20.2 Å². The smallest absolute Gasteiger partial charge is 0.139 e. The molecule has 0 atom stereocenters. The van der Waals surface area contributed by atoms with Crippen LogP contribution in [0.25, 0.3) is 0 Å². The van der Waals surface area contributed by atoms with Gasteiger partial charge in [0.15, 0.2) is 0 Å². The lowest BCUT2D eigenvalue weighted by molar-refractivity contribution is 0.340. The lowest BCUT2D eigenvalue weighted by Gasteiger charge is -2.10. The van der Waals surface area contributed by atoms with Crippen molar-refractivity contribution >= 4 is 23.2 Å². The molecule has 0 aliphatic heterocycles. The Hall–Kier alpha value is -0.440. The van der Waals surface area contributed by atoms with Gasteiger partial charge in [-0.25, -0.2) is 0 Å². The van der Waals surface area contributed by atoms with Crippen LogP contribution < -0.4 is 10.1 Å². The summed E-state index contributed by atoms with van der Waals surface area (Å²) in [4.78, 5) is 0. The van der Waals surface area contributed by atoms with Gasteiger partial charge in [0.2, 0.25) is 0 Å². The van der Waals surface area contributed by atoms with E-state index in [9.17, 15) is 0 Å². The first-order valence-electron chi connectivity index (χ1n) is 6.94. The zero-order valence-corrected chi connectivity index (χ0v) is 13.3. The van der Waals surface area contributed by atoms with Gasteiger partial charge in [-0.3, -0.25) is 0 Å². The molecule has 0 aliphatic rings. The van der Waals surface area contributed by atoms with E-state index in [4.69, 9.17) is 27.9 Å². The summed E-state index contributed by atoms with van der Waals surface area (Å²) < 4.78 is 5.42. The third-order valence-electron chi connectivity index (χ3n) is 3.02. The molecule has 0 saturated carbocycles. The first-order chi connectivity index (χ1) is 9.19. The van der Waals surface area contributed by atoms with Crippen molar-refractivity contribution in [3.8, 4) is 5.75 Å². The van der Waals surface area contributed by atoms with Gasteiger partial charge in [-0.1, -0.05) is 36.0 Å². The molecular formula is C15H23Cl2NO. The molecule has 0 aromatic heterocycles. The molecule has 0 amide bonds. The van der Waals surface area contributed by atoms with Crippen LogP contribution in [0.5, 0.6) is 5.75 Å². The van der Waals surface area contributed by atoms with Crippen LogP contribution in [0.3, 0.4) is 0 Å². The van der Waals surface area contributed by atoms with E-state index in [0.717, 1.165) is 30.0 Å². The minimum Gasteiger partial charge on any atom is -0.492 e. The molecule has 0 fully saturated rings. The standard InChI is InChI=1S/C15H23Cl2NO/c1-3-19-15-11-13(16)12(10-14(15)17)8-6-4-5-7-9-18-2/h10-11,18H,3-9H2,1-2H3. The lowest BCUT2D eigenvalue weighted by atomic mass is 10.1. The number of ether oxygens (including phenoxy) is 1. The molecule has 1 rings (SSSR count). The van der Waals surface area contributed by atoms with Crippen LogP contribution in [0.4, 0.5) is 0 Å². The van der Waals surface area contributed by atoms with Crippen LogP contribution in [0.1, 0.15) is 38.2 Å². The summed E-state index contributed by atoms with van der Waals surface area (Å²) in [6.07, 6.45) is 5.83. The average Bonchev–Trinajstić information content (AvgIpc) is 2.39. The number of unbranched alkanes of at least 4 members (excludes halogenated alkanes) is 3. The Kier molecular flexibility index (Phi) is 8.27. The Morgan fingerprint density at radius 2 is 1.79 bits per heavy atom. The quantitative estimate of drug-likeness (QED) is 0.667. The van der Waals surface area contributed by atoms with E-state index in [2.05, 4.69) is 5.32 Å². The Balaban J connectivity index is 2.43. The monoisotopic (exact) mass is 303 g/mol. The van der Waals surface area contributed by atoms with Crippen molar-refractivity contribution in [2.45, 2.75) is 39.0 Å². The molecule has 0 bridgehead atoms. The minimum absolute atomic E-state index is 0.598. The van der Waals surface area contributed by atoms with Crippen molar-refractivity contribution in [1.82, 2.24) is 5.32 Å². The predicted molar refractivity (Wildman–Crippen MR) is 83.7 cm³/mol. The maximum Gasteiger partial charge on any atom is 0.139 e. The Bertz CT molecular complexity index is 383. The van der Waals surface area contributed by atoms with Crippen molar-refractivity contribution in [2.75, 3.05) is 20.2 Å². The van der Waals surface area contributed by atoms with E-state index in [1.54, 1.807) is 0 Å². The first-order valence-corrected chi connectivity index (χ1v) is 7.70. The fourth-order valence-corrected chi connectivity index (χ4v) is 2.49. The van der Waals surface area contributed by atoms with Crippen LogP contribution in [0, 0.1) is 0 Å². The van der Waals surface area contributed by atoms with Gasteiger partial charge in [0, 0.05) is 11.1 Å². The number of nitrogens with one attached hydrogen (secondary N) is 1. The molecule has 0 spiro atoms. The number of benzene rings is 1. The van der Waals surface area contributed by atoms with Crippen molar-refractivity contribution in [3.05, 3.63) is 27.7 Å². The molecule has 0 aliphatic carbocycles. The third kappa shape index (κ3) is 6.03. The normalized spacial score (nSPS) is 10.7. The van der Waals surface area contributed by atoms with Crippen molar-refractivity contribution < 1.29 is 4.74 Å². The van der Waals surface area contributed by atoms with Crippen LogP contribution in [-0.2, 0) is 6.42 Å². The van der Waals surface area contributed by atoms with E-state index < -0.39 is 0 Å². The fraction of sp³-hybridized carbons (Fsp3) is 0.600. The predicted octanol–water partition coefficient (Wildman–Crippen LogP) is 4.71. The lowest BCUT2D eigenvalue weighted by Crippen LogP contribution is -2.06. The van der Waals surface area contributed by atoms with Crippen molar-refractivity contribution in [2.24, 2.45) is 0 Å². The van der Waals surface area contributed by atoms with Gasteiger partial charge in [0.1, 0.15) is 5.75 Å². The van der Waals surface area contributed by atoms with Gasteiger partial charge in [-0.2, -0.15) is 0 Å². The zero-order chi connectivity index (χ0) is 14.1. The SMILES string of the molecule is CCOc1cc(Cl)c(CCCCCCNC)cc1Cl. The largest absolute Gasteiger partial charge is 0.492 e. The number of halogens is 2. The van der Waals surface area contributed by atoms with Crippen molar-refractivity contribution in [3.63, 3.8) is 0 Å². The zero-order valence-electron chi connectivity index (χ0n) is 11.8. The maximum atomic E-state index is 6.25. The number of aryl methyl sites for hydroxylation is 1. The van der Waals surface area contributed by atoms with Gasteiger partial charge in [-0.15, -0.1) is 0 Å². The molecule has 0 saturated heterocycles. The Labute approximate surface area is 126 Å². The summed E-state index contributed by atoms with van der Waals surface area (Å²) in [7, 11) is 1.99. The molecule has 0 radical (unpaired) electrons. The van der Waals surface area contributed by atoms with Crippen LogP contribution in [0.15, 0.2) is 12.1 Å². The highest BCUT2D eigenvalue weighted by atomic mass is 35.5. The first kappa shape index (κ1) is 16.6. The van der Waals surface area contributed by atoms with E-state index in [1.807, 2.05) is 26.1 Å². The summed E-state index contributed by atoms with van der Waals surface area (Å²) in [6.45, 7) is 3.62. The molecular weight excluding hydrogens is 281 g/mol. The van der Waals surface area contributed by atoms with E-state index in [0.29, 0.717) is 17.4 Å². The highest BCUT2D eigenvalue weighted by Crippen LogP contribution is 2.32. The second-order valence-electron chi connectivity index (χ2n) is 4.57. The van der Waals surface area contributed by atoms with Gasteiger partial charge >= 0.3 is 0 Å². The summed E-state index contributed by atoms with van der Waals surface area (Å²) in [5.41, 5.74) is 1.11. The molecule has 108 valence electrons. The molecule has 0 heterocycles. The minimum atomic E-state index is 0.598. The topological polar surface area (TPSA) is 21.3 Å². The molecule has 2 nitrogen and oxygen atoms in total. The summed E-state index contributed by atoms with van der Waals surface area (Å²) in [5.74, 6) is 0.673. The molecule has 1 aromatic carbocycles. The number of hydrogen-bond acceptors (Lipinski definition) is 2. The molecule has 4 heteroatoms. The van der Waals surface area contributed by atoms with Crippen LogP contribution >= 0.6 is 23.2 Å². The number of rotatable bonds is 9. The van der Waals surface area contributed by atoms with Gasteiger partial charge in [0.25, 0.3) is 0 Å². The van der Waals surface area contributed by atoms with E-state index >= 15 is 0 Å². The summed E-state index contributed by atoms with van der Waals surface area (Å²) >= 11 is 12.4. The molecule has 1 aromatic rings. The molecule has 1 N–H and O–H groups in total. The van der Waals surface area contributed by atoms with Gasteiger partial charge in [0.05, 0.1) is 11.6 Å². The highest BCUT2D eigenvalue weighted by molar-refractivity contribution is 6.34. The van der Waals surface area contributed by atoms with Gasteiger partial charge < -0.3 is 10.1 Å². The van der Waals surface area contributed by atoms with Gasteiger partial charge in [-0.05, 0) is 51.4 Å². The van der Waals surface area contributed by atoms with E-state index in [-0.39, 0.29) is 0 Å². The highest BCUT2D eigenvalue weighted by Gasteiger charge is 2.08. The Morgan fingerprint density at radius 1 is 1.05 bits per heavy atom. The number of hydrogen-bond donors (Lipinski definition) is 1. The third-order valence-corrected chi connectivity index (χ3v) is 3.67.